The highest BCUT2D eigenvalue weighted by Gasteiger charge is 2.32. The van der Waals surface area contributed by atoms with Crippen molar-refractivity contribution in [3.63, 3.8) is 0 Å². The monoisotopic (exact) mass is 1280 g/mol. The lowest BCUT2D eigenvalue weighted by molar-refractivity contribution is 0.589. The highest BCUT2D eigenvalue weighted by atomic mass is 32.2. The summed E-state index contributed by atoms with van der Waals surface area (Å²) < 4.78 is 0. The average molecular weight is 1280 g/mol. The van der Waals surface area contributed by atoms with Crippen LogP contribution in [0.25, 0.3) is 0 Å². The molecule has 0 aliphatic carbocycles. The molecule has 0 fully saturated rings. The van der Waals surface area contributed by atoms with Crippen molar-refractivity contribution in [3.05, 3.63) is 343 Å². The summed E-state index contributed by atoms with van der Waals surface area (Å²) >= 11 is 5.44. The van der Waals surface area contributed by atoms with E-state index in [9.17, 15) is 0 Å². The van der Waals surface area contributed by atoms with E-state index < -0.39 is 0 Å². The van der Waals surface area contributed by atoms with Crippen LogP contribution >= 0.6 is 35.3 Å². The highest BCUT2D eigenvalue weighted by molar-refractivity contribution is 8.00. The molecule has 0 saturated carbocycles. The molecule has 12 aromatic rings. The van der Waals surface area contributed by atoms with Crippen molar-refractivity contribution in [3.8, 4) is 0 Å². The fraction of sp³-hybridized carbons (Fsp3) is 0.143. The predicted molar refractivity (Wildman–Crippen MR) is 393 cm³/mol. The minimum Gasteiger partial charge on any atom is -0.0901 e. The Bertz CT molecular complexity index is 4060. The third kappa shape index (κ3) is 18.5. The molecule has 0 nitrogen and oxygen atoms in total. The van der Waals surface area contributed by atoms with Gasteiger partial charge in [-0.25, -0.2) is 0 Å². The molecule has 12 aromatic carbocycles. The second-order valence-electron chi connectivity index (χ2n) is 24.4. The molecule has 0 heterocycles. The number of aryl methyl sites for hydroxylation is 4. The summed E-state index contributed by atoms with van der Waals surface area (Å²) in [6.07, 6.45) is 0. The molecule has 0 amide bonds. The lowest BCUT2D eigenvalue weighted by Gasteiger charge is -2.19. The van der Waals surface area contributed by atoms with Gasteiger partial charge >= 0.3 is 0 Å². The molecular formula is C84H81S6+3. The number of rotatable bonds is 15. The second-order valence-corrected chi connectivity index (χ2v) is 33.9. The lowest BCUT2D eigenvalue weighted by Crippen LogP contribution is -2.11. The van der Waals surface area contributed by atoms with Crippen LogP contribution in [0.15, 0.2) is 383 Å². The molecule has 0 N–H and O–H groups in total. The van der Waals surface area contributed by atoms with Gasteiger partial charge in [0.1, 0.15) is 0 Å². The van der Waals surface area contributed by atoms with Gasteiger partial charge in [-0.3, -0.25) is 0 Å². The van der Waals surface area contributed by atoms with Gasteiger partial charge in [0.25, 0.3) is 0 Å². The summed E-state index contributed by atoms with van der Waals surface area (Å²) in [7, 11) is -0.329. The SMILES string of the molecule is CC(C)(C)c1ccc([S+](c2ccccc2)c2ccc(Sc3ccccc3)cc2)cc1.Cc1ccc(Sc2ccc([S+](c3ccc(C)cc3)c3ccc(C)cc3)cc2)cc1.Cc1ccc(Sc2ccc([S+](c3ccccc3)c3ccc(C(C)(C)C)cc3)cc2)cc1. The van der Waals surface area contributed by atoms with Crippen LogP contribution in [0.2, 0.25) is 0 Å². The van der Waals surface area contributed by atoms with Gasteiger partial charge in [0.2, 0.25) is 0 Å². The largest absolute Gasteiger partial charge is 0.166 e. The van der Waals surface area contributed by atoms with Crippen LogP contribution in [0, 0.1) is 27.7 Å². The molecule has 2 atom stereocenters. The van der Waals surface area contributed by atoms with Gasteiger partial charge < -0.3 is 0 Å². The predicted octanol–water partition coefficient (Wildman–Crippen LogP) is 24.6. The Labute approximate surface area is 559 Å². The maximum Gasteiger partial charge on any atom is 0.166 e. The Morgan fingerprint density at radius 3 is 0.589 bits per heavy atom. The molecular weight excluding hydrogens is 1200 g/mol. The summed E-state index contributed by atoms with van der Waals surface area (Å²) in [6, 6.07) is 113. The van der Waals surface area contributed by atoms with E-state index in [1.807, 2.05) is 35.3 Å². The summed E-state index contributed by atoms with van der Waals surface area (Å²) in [5.74, 6) is 0. The summed E-state index contributed by atoms with van der Waals surface area (Å²) in [5, 5.41) is 0. The maximum atomic E-state index is 2.31. The van der Waals surface area contributed by atoms with Crippen molar-refractivity contribution < 1.29 is 0 Å². The first-order valence-corrected chi connectivity index (χ1v) is 36.8. The quantitative estimate of drug-likeness (QED) is 0.0939. The van der Waals surface area contributed by atoms with Crippen LogP contribution in [0.1, 0.15) is 74.9 Å². The summed E-state index contributed by atoms with van der Waals surface area (Å²) in [5.41, 5.74) is 8.26. The van der Waals surface area contributed by atoms with Crippen molar-refractivity contribution in [2.24, 2.45) is 0 Å². The molecule has 450 valence electrons. The second kappa shape index (κ2) is 31.2. The van der Waals surface area contributed by atoms with Gasteiger partial charge in [-0.15, -0.1) is 0 Å². The average Bonchev–Trinajstić information content (AvgIpc) is 1.86. The van der Waals surface area contributed by atoms with E-state index in [0.29, 0.717) is 0 Å². The zero-order valence-electron chi connectivity index (χ0n) is 53.4. The molecule has 90 heavy (non-hydrogen) atoms. The smallest absolute Gasteiger partial charge is 0.0901 e. The molecule has 0 aliphatic heterocycles. The molecule has 2 unspecified atom stereocenters. The van der Waals surface area contributed by atoms with Crippen molar-refractivity contribution in [2.45, 2.75) is 153 Å². The van der Waals surface area contributed by atoms with E-state index in [-0.39, 0.29) is 43.5 Å². The molecule has 12 rings (SSSR count). The highest BCUT2D eigenvalue weighted by Crippen LogP contribution is 2.39. The van der Waals surface area contributed by atoms with Crippen LogP contribution in [-0.4, -0.2) is 0 Å². The van der Waals surface area contributed by atoms with Crippen LogP contribution in [-0.2, 0) is 43.5 Å². The molecule has 0 radical (unpaired) electrons. The number of hydrogen-bond acceptors (Lipinski definition) is 3. The normalized spacial score (nSPS) is 12.0. The van der Waals surface area contributed by atoms with Crippen molar-refractivity contribution >= 4 is 68.0 Å². The van der Waals surface area contributed by atoms with Crippen LogP contribution in [0.4, 0.5) is 0 Å². The van der Waals surface area contributed by atoms with Crippen molar-refractivity contribution in [1.29, 1.82) is 0 Å². The van der Waals surface area contributed by atoms with Crippen molar-refractivity contribution in [1.82, 2.24) is 0 Å². The topological polar surface area (TPSA) is 0 Å². The third-order valence-electron chi connectivity index (χ3n) is 15.1. The molecule has 0 saturated heterocycles. The van der Waals surface area contributed by atoms with E-state index in [0.717, 1.165) is 0 Å². The van der Waals surface area contributed by atoms with Crippen LogP contribution < -0.4 is 0 Å². The number of benzene rings is 12. The summed E-state index contributed by atoms with van der Waals surface area (Å²) in [4.78, 5) is 19.8. The molecule has 0 bridgehead atoms. The lowest BCUT2D eigenvalue weighted by atomic mass is 9.87. The van der Waals surface area contributed by atoms with Crippen LogP contribution in [0.3, 0.4) is 0 Å². The van der Waals surface area contributed by atoms with E-state index >= 15 is 0 Å². The number of hydrogen-bond donors (Lipinski definition) is 0. The van der Waals surface area contributed by atoms with Gasteiger partial charge in [0.15, 0.2) is 44.1 Å². The van der Waals surface area contributed by atoms with Gasteiger partial charge in [-0.2, -0.15) is 0 Å². The molecule has 0 aromatic heterocycles. The van der Waals surface area contributed by atoms with Crippen LogP contribution in [0.5, 0.6) is 0 Å². The minimum atomic E-state index is -0.117. The Morgan fingerprint density at radius 1 is 0.189 bits per heavy atom. The Morgan fingerprint density at radius 2 is 0.356 bits per heavy atom. The minimum absolute atomic E-state index is 0.0983. The molecule has 0 aliphatic rings. The molecule has 0 spiro atoms. The van der Waals surface area contributed by atoms with E-state index in [1.54, 1.807) is 0 Å². The zero-order valence-corrected chi connectivity index (χ0v) is 58.3. The molecule has 6 heteroatoms. The van der Waals surface area contributed by atoms with Gasteiger partial charge in [0, 0.05) is 29.4 Å². The van der Waals surface area contributed by atoms with Gasteiger partial charge in [-0.05, 0) is 232 Å². The standard InChI is InChI=1S/C29H29S2.C28H27S2.C27H25S2/c1-22-10-14-24(15-11-22)30-25-16-20-28(21-17-25)31(26-8-6-5-7-9-26)27-18-12-23(13-19-27)29(2,3)4;1-28(2,3)22-14-18-26(19-15-22)30(25-12-8-5-9-13-25)27-20-16-24(17-21-27)29-23-10-6-4-7-11-23;1-20-4-10-23(11-5-20)28-24-12-18-27(19-13-24)29(25-14-6-21(2)7-15-25)26-16-8-22(3)9-17-26/h5-21H,1-4H3;4-21H,1-3H3;4-19H,1-3H3/q3*+1. The van der Waals surface area contributed by atoms with E-state index in [4.69, 9.17) is 0 Å². The van der Waals surface area contributed by atoms with Crippen molar-refractivity contribution in [2.75, 3.05) is 0 Å². The fourth-order valence-electron chi connectivity index (χ4n) is 9.91. The first-order valence-electron chi connectivity index (χ1n) is 30.7. The van der Waals surface area contributed by atoms with Gasteiger partial charge in [0.05, 0.1) is 32.7 Å². The first kappa shape index (κ1) is 65.7. The van der Waals surface area contributed by atoms with Gasteiger partial charge in [-0.1, -0.05) is 226 Å². The third-order valence-corrected chi connectivity index (χ3v) is 24.8. The van der Waals surface area contributed by atoms with E-state index in [2.05, 4.69) is 379 Å². The Hall–Kier alpha value is -7.26. The Balaban J connectivity index is 0.000000149. The fourth-order valence-corrected chi connectivity index (χ4v) is 18.5. The Kier molecular flexibility index (Phi) is 22.8. The zero-order chi connectivity index (χ0) is 63.0. The first-order chi connectivity index (χ1) is 43.5. The maximum absolute atomic E-state index is 2.31. The van der Waals surface area contributed by atoms with E-state index in [1.165, 1.54) is 107 Å². The summed E-state index contributed by atoms with van der Waals surface area (Å²) in [6.45, 7) is 22.1.